The topological polar surface area (TPSA) is 50.0 Å². The van der Waals surface area contributed by atoms with E-state index in [0.717, 1.165) is 17.1 Å². The lowest BCUT2D eigenvalue weighted by molar-refractivity contribution is -0.677. The fraction of sp³-hybridized carbons (Fsp3) is 0.286. The molecule has 0 aliphatic rings. The standard InChI is InChI=1S/C14H16FNO2/c1-10(17)8-16-9-13-6-7-14(18-13)11-2-4-12(15)5-3-11/h2-7,10,16-17H,8-9H2,1H3/p+1/t10-/m1/s1. The molecule has 3 nitrogen and oxygen atoms in total. The Bertz CT molecular complexity index is 491. The van der Waals surface area contributed by atoms with Gasteiger partial charge in [-0.2, -0.15) is 0 Å². The van der Waals surface area contributed by atoms with Crippen molar-refractivity contribution in [2.75, 3.05) is 6.54 Å². The zero-order valence-electron chi connectivity index (χ0n) is 10.3. The van der Waals surface area contributed by atoms with Gasteiger partial charge in [0.15, 0.2) is 5.76 Å². The first-order valence-corrected chi connectivity index (χ1v) is 5.99. The van der Waals surface area contributed by atoms with Crippen molar-refractivity contribution in [2.45, 2.75) is 19.6 Å². The van der Waals surface area contributed by atoms with Gasteiger partial charge in [0.05, 0.1) is 6.10 Å². The summed E-state index contributed by atoms with van der Waals surface area (Å²) in [6, 6.07) is 9.99. The molecular weight excluding hydrogens is 233 g/mol. The van der Waals surface area contributed by atoms with Gasteiger partial charge in [-0.3, -0.25) is 0 Å². The van der Waals surface area contributed by atoms with Gasteiger partial charge in [-0.15, -0.1) is 0 Å². The Labute approximate surface area is 105 Å². The summed E-state index contributed by atoms with van der Waals surface area (Å²) in [7, 11) is 0. The minimum absolute atomic E-state index is 0.254. The molecule has 18 heavy (non-hydrogen) atoms. The van der Waals surface area contributed by atoms with E-state index in [9.17, 15) is 4.39 Å². The maximum absolute atomic E-state index is 12.8. The Hall–Kier alpha value is -1.65. The molecule has 0 saturated heterocycles. The summed E-state index contributed by atoms with van der Waals surface area (Å²) < 4.78 is 18.4. The van der Waals surface area contributed by atoms with Gasteiger partial charge in [0.2, 0.25) is 0 Å². The zero-order chi connectivity index (χ0) is 13.0. The Balaban J connectivity index is 1.99. The van der Waals surface area contributed by atoms with E-state index in [1.807, 2.05) is 17.4 Å². The van der Waals surface area contributed by atoms with Crippen LogP contribution in [-0.4, -0.2) is 17.8 Å². The SMILES string of the molecule is C[C@@H](O)C[NH2+]Cc1ccc(-c2ccc(F)cc2)o1. The minimum Gasteiger partial charge on any atom is -0.455 e. The smallest absolute Gasteiger partial charge is 0.158 e. The molecule has 1 heterocycles. The maximum atomic E-state index is 12.8. The molecule has 1 atom stereocenters. The third kappa shape index (κ3) is 3.42. The number of hydrogen-bond acceptors (Lipinski definition) is 2. The summed E-state index contributed by atoms with van der Waals surface area (Å²) in [6.07, 6.45) is -0.323. The van der Waals surface area contributed by atoms with Crippen LogP contribution in [0.2, 0.25) is 0 Å². The maximum Gasteiger partial charge on any atom is 0.158 e. The number of aliphatic hydroxyl groups is 1. The number of benzene rings is 1. The number of halogens is 1. The lowest BCUT2D eigenvalue weighted by Crippen LogP contribution is -2.84. The predicted molar refractivity (Wildman–Crippen MR) is 66.3 cm³/mol. The van der Waals surface area contributed by atoms with E-state index >= 15 is 0 Å². The average molecular weight is 250 g/mol. The molecule has 0 bridgehead atoms. The lowest BCUT2D eigenvalue weighted by Gasteiger charge is -2.01. The predicted octanol–water partition coefficient (Wildman–Crippen LogP) is 1.53. The van der Waals surface area contributed by atoms with Crippen molar-refractivity contribution in [2.24, 2.45) is 0 Å². The molecular formula is C14H17FNO2+. The highest BCUT2D eigenvalue weighted by Crippen LogP contribution is 2.21. The van der Waals surface area contributed by atoms with Crippen LogP contribution in [0.15, 0.2) is 40.8 Å². The largest absolute Gasteiger partial charge is 0.455 e. The molecule has 4 heteroatoms. The van der Waals surface area contributed by atoms with Crippen molar-refractivity contribution in [1.82, 2.24) is 0 Å². The second-order valence-corrected chi connectivity index (χ2v) is 4.35. The normalized spacial score (nSPS) is 12.6. The first-order chi connectivity index (χ1) is 8.65. The van der Waals surface area contributed by atoms with E-state index in [4.69, 9.17) is 9.52 Å². The van der Waals surface area contributed by atoms with Crippen LogP contribution in [0.4, 0.5) is 4.39 Å². The fourth-order valence-electron chi connectivity index (χ4n) is 1.72. The molecule has 0 aliphatic heterocycles. The lowest BCUT2D eigenvalue weighted by atomic mass is 10.2. The molecule has 0 radical (unpaired) electrons. The number of hydrogen-bond donors (Lipinski definition) is 2. The number of quaternary nitrogens is 1. The van der Waals surface area contributed by atoms with Crippen LogP contribution < -0.4 is 5.32 Å². The van der Waals surface area contributed by atoms with Crippen LogP contribution >= 0.6 is 0 Å². The molecule has 2 aromatic rings. The minimum atomic E-state index is -0.323. The average Bonchev–Trinajstić information content (AvgIpc) is 2.78. The number of nitrogens with two attached hydrogens (primary N) is 1. The van der Waals surface area contributed by atoms with Crippen molar-refractivity contribution in [3.63, 3.8) is 0 Å². The summed E-state index contributed by atoms with van der Waals surface area (Å²) in [5, 5.41) is 11.1. The molecule has 0 amide bonds. The Morgan fingerprint density at radius 3 is 2.61 bits per heavy atom. The molecule has 0 unspecified atom stereocenters. The fourth-order valence-corrected chi connectivity index (χ4v) is 1.72. The Morgan fingerprint density at radius 2 is 1.94 bits per heavy atom. The van der Waals surface area contributed by atoms with Crippen molar-refractivity contribution in [1.29, 1.82) is 0 Å². The molecule has 0 aliphatic carbocycles. The van der Waals surface area contributed by atoms with Crippen LogP contribution in [0.5, 0.6) is 0 Å². The molecule has 96 valence electrons. The molecule has 2 rings (SSSR count). The third-order valence-corrected chi connectivity index (χ3v) is 2.64. The molecule has 0 spiro atoms. The third-order valence-electron chi connectivity index (χ3n) is 2.64. The van der Waals surface area contributed by atoms with E-state index in [0.29, 0.717) is 13.1 Å². The second kappa shape index (κ2) is 5.80. The van der Waals surface area contributed by atoms with E-state index in [1.54, 1.807) is 19.1 Å². The van der Waals surface area contributed by atoms with Gasteiger partial charge in [0.1, 0.15) is 24.7 Å². The highest BCUT2D eigenvalue weighted by Gasteiger charge is 2.06. The summed E-state index contributed by atoms with van der Waals surface area (Å²) in [5.74, 6) is 1.32. The van der Waals surface area contributed by atoms with Crippen LogP contribution in [-0.2, 0) is 6.54 Å². The van der Waals surface area contributed by atoms with Crippen molar-refractivity contribution in [3.8, 4) is 11.3 Å². The van der Waals surface area contributed by atoms with Gasteiger partial charge in [-0.05, 0) is 43.3 Å². The summed E-state index contributed by atoms with van der Waals surface area (Å²) >= 11 is 0. The molecule has 0 saturated carbocycles. The monoisotopic (exact) mass is 250 g/mol. The van der Waals surface area contributed by atoms with Gasteiger partial charge in [0, 0.05) is 5.56 Å². The summed E-state index contributed by atoms with van der Waals surface area (Å²) in [6.45, 7) is 3.08. The van der Waals surface area contributed by atoms with Gasteiger partial charge in [-0.1, -0.05) is 0 Å². The summed E-state index contributed by atoms with van der Waals surface area (Å²) in [4.78, 5) is 0. The molecule has 0 fully saturated rings. The first kappa shape index (κ1) is 12.8. The quantitative estimate of drug-likeness (QED) is 0.845. The van der Waals surface area contributed by atoms with Crippen molar-refractivity contribution in [3.05, 3.63) is 48.0 Å². The van der Waals surface area contributed by atoms with E-state index in [-0.39, 0.29) is 11.9 Å². The number of aliphatic hydroxyl groups excluding tert-OH is 1. The molecule has 3 N–H and O–H groups in total. The van der Waals surface area contributed by atoms with E-state index < -0.39 is 0 Å². The first-order valence-electron chi connectivity index (χ1n) is 5.99. The van der Waals surface area contributed by atoms with E-state index in [1.165, 1.54) is 12.1 Å². The van der Waals surface area contributed by atoms with Crippen LogP contribution in [0.25, 0.3) is 11.3 Å². The van der Waals surface area contributed by atoms with Crippen LogP contribution in [0, 0.1) is 5.82 Å². The zero-order valence-corrected chi connectivity index (χ0v) is 10.3. The highest BCUT2D eigenvalue weighted by atomic mass is 19.1. The van der Waals surface area contributed by atoms with Crippen molar-refractivity contribution < 1.29 is 19.2 Å². The second-order valence-electron chi connectivity index (χ2n) is 4.35. The highest BCUT2D eigenvalue weighted by molar-refractivity contribution is 5.57. The summed E-state index contributed by atoms with van der Waals surface area (Å²) in [5.41, 5.74) is 0.859. The van der Waals surface area contributed by atoms with E-state index in [2.05, 4.69) is 0 Å². The molecule has 1 aromatic carbocycles. The van der Waals surface area contributed by atoms with Crippen LogP contribution in [0.1, 0.15) is 12.7 Å². The van der Waals surface area contributed by atoms with Gasteiger partial charge >= 0.3 is 0 Å². The van der Waals surface area contributed by atoms with Gasteiger partial charge in [0.25, 0.3) is 0 Å². The Kier molecular flexibility index (Phi) is 4.12. The van der Waals surface area contributed by atoms with Crippen LogP contribution in [0.3, 0.4) is 0 Å². The number of rotatable bonds is 5. The molecule has 1 aromatic heterocycles. The van der Waals surface area contributed by atoms with Gasteiger partial charge in [-0.25, -0.2) is 4.39 Å². The van der Waals surface area contributed by atoms with Gasteiger partial charge < -0.3 is 14.8 Å². The Morgan fingerprint density at radius 1 is 1.22 bits per heavy atom. The van der Waals surface area contributed by atoms with Crippen molar-refractivity contribution >= 4 is 0 Å². The number of furan rings is 1.